The highest BCUT2D eigenvalue weighted by Gasteiger charge is 2.82. The topological polar surface area (TPSA) is 40.5 Å². The van der Waals surface area contributed by atoms with Gasteiger partial charge >= 0.3 is 0 Å². The van der Waals surface area contributed by atoms with Gasteiger partial charge in [0.15, 0.2) is 0 Å². The maximum atomic E-state index is 10.8. The van der Waals surface area contributed by atoms with E-state index >= 15 is 0 Å². The fourth-order valence-electron chi connectivity index (χ4n) is 11.4. The van der Waals surface area contributed by atoms with Crippen LogP contribution in [0.1, 0.15) is 126 Å². The van der Waals surface area contributed by atoms with E-state index in [4.69, 9.17) is 0 Å². The second-order valence-corrected chi connectivity index (χ2v) is 15.2. The molecule has 5 aliphatic carbocycles. The minimum absolute atomic E-state index is 0.0988. The van der Waals surface area contributed by atoms with Crippen LogP contribution >= 0.6 is 0 Å². The molecule has 32 heavy (non-hydrogen) atoms. The van der Waals surface area contributed by atoms with E-state index in [0.717, 1.165) is 42.9 Å². The molecule has 5 aliphatic rings. The Labute approximate surface area is 198 Å². The summed E-state index contributed by atoms with van der Waals surface area (Å²) < 4.78 is 0. The predicted octanol–water partition coefficient (Wildman–Crippen LogP) is 7.36. The molecule has 2 spiro atoms. The summed E-state index contributed by atoms with van der Waals surface area (Å²) in [6.45, 7) is 16.6. The smallest absolute Gasteiger partial charge is 0.0594 e. The average molecular weight is 445 g/mol. The summed E-state index contributed by atoms with van der Waals surface area (Å²) in [6, 6.07) is 0. The van der Waals surface area contributed by atoms with Crippen LogP contribution in [0.3, 0.4) is 0 Å². The molecule has 0 aromatic rings. The maximum Gasteiger partial charge on any atom is 0.0594 e. The van der Waals surface area contributed by atoms with Gasteiger partial charge in [0.2, 0.25) is 0 Å². The van der Waals surface area contributed by atoms with E-state index in [9.17, 15) is 10.2 Å². The lowest BCUT2D eigenvalue weighted by Gasteiger charge is -2.63. The Morgan fingerprint density at radius 1 is 0.844 bits per heavy atom. The van der Waals surface area contributed by atoms with Crippen molar-refractivity contribution in [1.82, 2.24) is 0 Å². The maximum absolute atomic E-state index is 10.8. The Hall–Kier alpha value is -0.0800. The van der Waals surface area contributed by atoms with Crippen molar-refractivity contribution < 1.29 is 10.2 Å². The van der Waals surface area contributed by atoms with E-state index in [1.54, 1.807) is 0 Å². The molecule has 0 unspecified atom stereocenters. The molecule has 0 saturated heterocycles. The molecule has 0 aromatic carbocycles. The average Bonchev–Trinajstić information content (AvgIpc) is 3.27. The predicted molar refractivity (Wildman–Crippen MR) is 132 cm³/mol. The van der Waals surface area contributed by atoms with E-state index in [1.807, 2.05) is 13.8 Å². The largest absolute Gasteiger partial charge is 0.393 e. The first-order valence-electron chi connectivity index (χ1n) is 14.1. The lowest BCUT2D eigenvalue weighted by molar-refractivity contribution is -0.161. The molecule has 5 fully saturated rings. The summed E-state index contributed by atoms with van der Waals surface area (Å²) in [6.07, 6.45) is 15.6. The normalized spacial score (nSPS) is 52.4. The van der Waals surface area contributed by atoms with Gasteiger partial charge in [-0.2, -0.15) is 0 Å². The Kier molecular flexibility index (Phi) is 5.17. The third-order valence-corrected chi connectivity index (χ3v) is 13.3. The second kappa shape index (κ2) is 6.99. The van der Waals surface area contributed by atoms with Gasteiger partial charge in [-0.25, -0.2) is 0 Å². The molecule has 0 heterocycles. The van der Waals surface area contributed by atoms with Gasteiger partial charge < -0.3 is 10.2 Å². The number of aliphatic hydroxyl groups excluding tert-OH is 1. The van der Waals surface area contributed by atoms with Crippen LogP contribution in [0.5, 0.6) is 0 Å². The molecule has 2 nitrogen and oxygen atoms in total. The first-order chi connectivity index (χ1) is 14.7. The Balaban J connectivity index is 1.37. The highest BCUT2D eigenvalue weighted by Crippen LogP contribution is 2.89. The summed E-state index contributed by atoms with van der Waals surface area (Å²) in [4.78, 5) is 0. The van der Waals surface area contributed by atoms with E-state index in [1.165, 1.54) is 57.8 Å². The van der Waals surface area contributed by atoms with Crippen molar-refractivity contribution in [2.45, 2.75) is 137 Å². The molecular weight excluding hydrogens is 392 g/mol. The summed E-state index contributed by atoms with van der Waals surface area (Å²) >= 11 is 0. The van der Waals surface area contributed by atoms with Gasteiger partial charge in [-0.15, -0.1) is 0 Å². The van der Waals surface area contributed by atoms with Crippen molar-refractivity contribution in [2.75, 3.05) is 0 Å². The van der Waals surface area contributed by atoms with E-state index in [2.05, 4.69) is 34.6 Å². The minimum atomic E-state index is -0.523. The van der Waals surface area contributed by atoms with Gasteiger partial charge in [-0.3, -0.25) is 0 Å². The van der Waals surface area contributed by atoms with Gasteiger partial charge in [-0.1, -0.05) is 47.5 Å². The Morgan fingerprint density at radius 3 is 2.19 bits per heavy atom. The summed E-state index contributed by atoms with van der Waals surface area (Å²) in [5, 5.41) is 21.0. The van der Waals surface area contributed by atoms with E-state index in [-0.39, 0.29) is 11.5 Å². The van der Waals surface area contributed by atoms with Crippen LogP contribution in [-0.4, -0.2) is 21.9 Å². The van der Waals surface area contributed by atoms with E-state index in [0.29, 0.717) is 21.7 Å². The third kappa shape index (κ3) is 2.90. The summed E-state index contributed by atoms with van der Waals surface area (Å²) in [5.74, 6) is 3.26. The van der Waals surface area contributed by atoms with E-state index < -0.39 is 5.60 Å². The fraction of sp³-hybridized carbons (Fsp3) is 1.00. The summed E-state index contributed by atoms with van der Waals surface area (Å²) in [5.41, 5.74) is 1.71. The standard InChI is InChI=1S/C30H52O2/c1-20(9-8-14-25(2,3)32)21-12-15-28(7)23-11-10-22-26(4,5)24(31)13-16-29(22)19-30(23,29)18-17-27(21,28)6/h20-24,31-32H,8-19H2,1-7H3/t20-,21+,22-,23-,24-,27+,28-,29+,30-/m0/s1. The zero-order valence-electron chi connectivity index (χ0n) is 22.3. The summed E-state index contributed by atoms with van der Waals surface area (Å²) in [7, 11) is 0. The Bertz CT molecular complexity index is 750. The molecule has 2 N–H and O–H groups in total. The fourth-order valence-corrected chi connectivity index (χ4v) is 11.4. The second-order valence-electron chi connectivity index (χ2n) is 15.2. The van der Waals surface area contributed by atoms with Crippen molar-refractivity contribution in [2.24, 2.45) is 50.7 Å². The molecule has 0 aromatic heterocycles. The molecule has 5 saturated carbocycles. The van der Waals surface area contributed by atoms with Crippen molar-refractivity contribution in [3.63, 3.8) is 0 Å². The van der Waals surface area contributed by atoms with Crippen LogP contribution in [0.25, 0.3) is 0 Å². The number of aliphatic hydroxyl groups is 2. The zero-order valence-corrected chi connectivity index (χ0v) is 22.3. The Morgan fingerprint density at radius 2 is 1.50 bits per heavy atom. The highest BCUT2D eigenvalue weighted by atomic mass is 16.3. The molecule has 0 radical (unpaired) electrons. The quantitative estimate of drug-likeness (QED) is 0.465. The van der Waals surface area contributed by atoms with Crippen LogP contribution in [0, 0.1) is 50.7 Å². The van der Waals surface area contributed by atoms with Gasteiger partial charge in [0, 0.05) is 0 Å². The number of hydrogen-bond acceptors (Lipinski definition) is 2. The lowest BCUT2D eigenvalue weighted by Crippen LogP contribution is -2.57. The molecule has 0 aliphatic heterocycles. The van der Waals surface area contributed by atoms with Crippen LogP contribution in [0.2, 0.25) is 0 Å². The molecule has 184 valence electrons. The van der Waals surface area contributed by atoms with Gasteiger partial charge in [0.05, 0.1) is 11.7 Å². The van der Waals surface area contributed by atoms with Crippen molar-refractivity contribution >= 4 is 0 Å². The molecular formula is C30H52O2. The first-order valence-corrected chi connectivity index (χ1v) is 14.1. The van der Waals surface area contributed by atoms with Gasteiger partial charge in [0.1, 0.15) is 0 Å². The number of fused-ring (bicyclic) bond motifs is 2. The number of rotatable bonds is 5. The molecule has 0 amide bonds. The molecule has 5 rings (SSSR count). The monoisotopic (exact) mass is 444 g/mol. The van der Waals surface area contributed by atoms with Crippen LogP contribution in [0.4, 0.5) is 0 Å². The lowest BCUT2D eigenvalue weighted by atomic mass is 9.41. The number of hydrogen-bond donors (Lipinski definition) is 2. The molecule has 0 bridgehead atoms. The van der Waals surface area contributed by atoms with Crippen LogP contribution < -0.4 is 0 Å². The van der Waals surface area contributed by atoms with Crippen molar-refractivity contribution in [3.05, 3.63) is 0 Å². The minimum Gasteiger partial charge on any atom is -0.393 e. The molecule has 9 atom stereocenters. The highest BCUT2D eigenvalue weighted by molar-refractivity contribution is 5.30. The zero-order chi connectivity index (χ0) is 23.4. The van der Waals surface area contributed by atoms with Crippen molar-refractivity contribution in [3.8, 4) is 0 Å². The van der Waals surface area contributed by atoms with Gasteiger partial charge in [0.25, 0.3) is 0 Å². The van der Waals surface area contributed by atoms with Crippen LogP contribution in [0.15, 0.2) is 0 Å². The van der Waals surface area contributed by atoms with Crippen LogP contribution in [-0.2, 0) is 0 Å². The van der Waals surface area contributed by atoms with Crippen molar-refractivity contribution in [1.29, 1.82) is 0 Å². The third-order valence-electron chi connectivity index (χ3n) is 13.3. The first kappa shape index (κ1) is 23.7. The SMILES string of the molecule is C[C@@H](CCCC(C)(C)O)[C@H]1CC[C@@]2(C)[C@@H]3CC[C@H]4C(C)(C)[C@@H](O)CC[C@@]45C[C@@]35CC[C@]12C. The molecule has 2 heteroatoms. The van der Waals surface area contributed by atoms with Gasteiger partial charge in [-0.05, 0) is 129 Å².